The molecule has 0 atom stereocenters. The summed E-state index contributed by atoms with van der Waals surface area (Å²) in [6, 6.07) is 0. The maximum Gasteiger partial charge on any atom is 0.00885 e. The monoisotopic (exact) mass is 142 g/mol. The average molecular weight is 142 g/mol. The van der Waals surface area contributed by atoms with E-state index in [2.05, 4.69) is 18.8 Å². The topological polar surface area (TPSA) is 0 Å². The molecule has 0 aromatic rings. The van der Waals surface area contributed by atoms with Crippen molar-refractivity contribution in [3.05, 3.63) is 0 Å². The van der Waals surface area contributed by atoms with E-state index in [1.54, 1.807) is 0 Å². The molecule has 1 heteroatoms. The van der Waals surface area contributed by atoms with Gasteiger partial charge in [0.15, 0.2) is 0 Å². The highest BCUT2D eigenvalue weighted by atomic mass is 28.1. The van der Waals surface area contributed by atoms with Gasteiger partial charge in [-0.3, -0.25) is 0 Å². The fourth-order valence-electron chi connectivity index (χ4n) is 0.588. The van der Waals surface area contributed by atoms with Crippen molar-refractivity contribution < 1.29 is 0 Å². The van der Waals surface area contributed by atoms with Crippen LogP contribution in [0.2, 0.25) is 0 Å². The summed E-state index contributed by atoms with van der Waals surface area (Å²) in [7, 11) is 0. The average Bonchev–Trinajstić information content (AvgIpc) is 1.81. The van der Waals surface area contributed by atoms with Crippen molar-refractivity contribution >= 4 is 11.0 Å². The first-order valence-electron chi connectivity index (χ1n) is 3.31. The molecule has 0 amide bonds. The highest BCUT2D eigenvalue weighted by Gasteiger charge is 1.78. The first kappa shape index (κ1) is 11.6. The lowest BCUT2D eigenvalue weighted by Gasteiger charge is -1.86. The first-order chi connectivity index (χ1) is 3.91. The van der Waals surface area contributed by atoms with E-state index in [4.69, 9.17) is 0 Å². The molecule has 0 fully saturated rings. The first-order valence-corrected chi connectivity index (χ1v) is 3.31. The van der Waals surface area contributed by atoms with E-state index >= 15 is 0 Å². The van der Waals surface area contributed by atoms with Gasteiger partial charge in [0.2, 0.25) is 0 Å². The molecular weight excluding hydrogens is 124 g/mol. The van der Waals surface area contributed by atoms with Crippen LogP contribution >= 0.6 is 0 Å². The molecule has 9 heavy (non-hydrogen) atoms. The van der Waals surface area contributed by atoms with E-state index in [0.717, 1.165) is 6.42 Å². The van der Waals surface area contributed by atoms with E-state index in [0.29, 0.717) is 0 Å². The highest BCUT2D eigenvalue weighted by Crippen LogP contribution is 1.95. The fraction of sp³-hybridized carbons (Fsp3) is 0.750. The van der Waals surface area contributed by atoms with Gasteiger partial charge >= 0.3 is 0 Å². The molecule has 0 saturated carbocycles. The molecule has 0 heterocycles. The summed E-state index contributed by atoms with van der Waals surface area (Å²) in [6.45, 7) is 4.10. The molecule has 0 aliphatic carbocycles. The van der Waals surface area contributed by atoms with Gasteiger partial charge in [0.25, 0.3) is 0 Å². The van der Waals surface area contributed by atoms with Gasteiger partial charge in [-0.2, -0.15) is 0 Å². The van der Waals surface area contributed by atoms with Crippen molar-refractivity contribution in [2.75, 3.05) is 0 Å². The van der Waals surface area contributed by atoms with Crippen molar-refractivity contribution in [2.45, 2.75) is 39.5 Å². The third kappa shape index (κ3) is 11.4. The zero-order chi connectivity index (χ0) is 6.24. The Bertz CT molecular complexity index is 86.5. The molecule has 0 aromatic heterocycles. The second kappa shape index (κ2) is 10.7. The minimum Gasteiger partial charge on any atom is -0.107 e. The largest absolute Gasteiger partial charge is 0.107 e. The van der Waals surface area contributed by atoms with Gasteiger partial charge in [-0.25, -0.2) is 0 Å². The number of hydrogen-bond acceptors (Lipinski definition) is 0. The van der Waals surface area contributed by atoms with Crippen LogP contribution in [0.25, 0.3) is 0 Å². The summed E-state index contributed by atoms with van der Waals surface area (Å²) < 4.78 is 0. The molecule has 0 bridgehead atoms. The van der Waals surface area contributed by atoms with E-state index in [9.17, 15) is 0 Å². The summed E-state index contributed by atoms with van der Waals surface area (Å²) in [5.41, 5.74) is 0. The van der Waals surface area contributed by atoms with Crippen LogP contribution in [0.1, 0.15) is 39.5 Å². The van der Waals surface area contributed by atoms with Crippen LogP contribution in [0, 0.1) is 11.8 Å². The van der Waals surface area contributed by atoms with Crippen LogP contribution in [0.15, 0.2) is 0 Å². The van der Waals surface area contributed by atoms with Crippen LogP contribution in [0.5, 0.6) is 0 Å². The van der Waals surface area contributed by atoms with Gasteiger partial charge in [0.05, 0.1) is 0 Å². The van der Waals surface area contributed by atoms with Gasteiger partial charge in [0.1, 0.15) is 0 Å². The van der Waals surface area contributed by atoms with E-state index in [-0.39, 0.29) is 11.0 Å². The maximum atomic E-state index is 3.03. The van der Waals surface area contributed by atoms with Crippen molar-refractivity contribution in [1.82, 2.24) is 0 Å². The smallest absolute Gasteiger partial charge is 0.00885 e. The number of unbranched alkanes of at least 4 members (excludes halogenated alkanes) is 3. The molecule has 0 spiro atoms. The Labute approximate surface area is 63.1 Å². The Morgan fingerprint density at radius 2 is 1.89 bits per heavy atom. The van der Waals surface area contributed by atoms with Gasteiger partial charge in [-0.15, -0.1) is 11.8 Å². The molecule has 0 aliphatic rings. The van der Waals surface area contributed by atoms with Crippen LogP contribution < -0.4 is 0 Å². The van der Waals surface area contributed by atoms with Gasteiger partial charge < -0.3 is 0 Å². The van der Waals surface area contributed by atoms with Gasteiger partial charge in [0, 0.05) is 6.42 Å². The zero-order valence-electron chi connectivity index (χ0n) is 5.83. The predicted molar refractivity (Wildman–Crippen MR) is 48.9 cm³/mol. The Hall–Kier alpha value is -0.223. The SMILES string of the molecule is CC#CCCCCC.[SiH4]. The molecule has 0 unspecified atom stereocenters. The normalized spacial score (nSPS) is 6.89. The second-order valence-corrected chi connectivity index (χ2v) is 1.88. The summed E-state index contributed by atoms with van der Waals surface area (Å²) in [4.78, 5) is 0. The van der Waals surface area contributed by atoms with E-state index in [1.807, 2.05) is 6.92 Å². The minimum absolute atomic E-state index is 0. The standard InChI is InChI=1S/C8H14.H4Si/c1-3-5-7-8-6-4-2;/h3,5,7-8H2,1-2H3;1H4. The Balaban J connectivity index is 0. The molecular formula is C8H18Si. The number of rotatable bonds is 3. The molecule has 0 radical (unpaired) electrons. The van der Waals surface area contributed by atoms with Gasteiger partial charge in [-0.1, -0.05) is 19.8 Å². The lowest BCUT2D eigenvalue weighted by molar-refractivity contribution is 0.737. The molecule has 0 aliphatic heterocycles. The van der Waals surface area contributed by atoms with E-state index < -0.39 is 0 Å². The van der Waals surface area contributed by atoms with Crippen LogP contribution in [0.4, 0.5) is 0 Å². The Kier molecular flexibility index (Phi) is 13.7. The predicted octanol–water partition coefficient (Wildman–Crippen LogP) is 1.14. The van der Waals surface area contributed by atoms with Crippen molar-refractivity contribution in [3.8, 4) is 11.8 Å². The molecule has 0 saturated heterocycles. The molecule has 0 aromatic carbocycles. The van der Waals surface area contributed by atoms with Crippen LogP contribution in [-0.4, -0.2) is 11.0 Å². The molecule has 54 valence electrons. The lowest BCUT2D eigenvalue weighted by Crippen LogP contribution is -1.69. The van der Waals surface area contributed by atoms with Crippen LogP contribution in [-0.2, 0) is 0 Å². The van der Waals surface area contributed by atoms with Crippen LogP contribution in [0.3, 0.4) is 0 Å². The molecule has 0 rings (SSSR count). The van der Waals surface area contributed by atoms with Crippen molar-refractivity contribution in [3.63, 3.8) is 0 Å². The fourth-order valence-corrected chi connectivity index (χ4v) is 0.588. The number of hydrogen-bond donors (Lipinski definition) is 0. The Morgan fingerprint density at radius 3 is 2.33 bits per heavy atom. The summed E-state index contributed by atoms with van der Waals surface area (Å²) in [5, 5.41) is 0. The van der Waals surface area contributed by atoms with E-state index in [1.165, 1.54) is 19.3 Å². The quantitative estimate of drug-likeness (QED) is 0.315. The summed E-state index contributed by atoms with van der Waals surface area (Å²) in [5.74, 6) is 5.91. The third-order valence-electron chi connectivity index (χ3n) is 1.08. The molecule has 0 nitrogen and oxygen atoms in total. The summed E-state index contributed by atoms with van der Waals surface area (Å²) in [6.07, 6.45) is 4.99. The zero-order valence-corrected chi connectivity index (χ0v) is 5.83. The second-order valence-electron chi connectivity index (χ2n) is 1.88. The summed E-state index contributed by atoms with van der Waals surface area (Å²) >= 11 is 0. The van der Waals surface area contributed by atoms with Crippen molar-refractivity contribution in [2.24, 2.45) is 0 Å². The Morgan fingerprint density at radius 1 is 1.22 bits per heavy atom. The van der Waals surface area contributed by atoms with Crippen molar-refractivity contribution in [1.29, 1.82) is 0 Å². The van der Waals surface area contributed by atoms with Gasteiger partial charge in [-0.05, 0) is 24.3 Å². The highest BCUT2D eigenvalue weighted by molar-refractivity contribution is 5.75. The minimum atomic E-state index is 0. The maximum absolute atomic E-state index is 3.03. The molecule has 0 N–H and O–H groups in total. The lowest BCUT2D eigenvalue weighted by atomic mass is 10.2. The third-order valence-corrected chi connectivity index (χ3v) is 1.08.